The highest BCUT2D eigenvalue weighted by Gasteiger charge is 2.58. The summed E-state index contributed by atoms with van der Waals surface area (Å²) in [5.41, 5.74) is 0.880. The van der Waals surface area contributed by atoms with Crippen LogP contribution in [0.2, 0.25) is 0 Å². The van der Waals surface area contributed by atoms with E-state index in [4.69, 9.17) is 0 Å². The predicted molar refractivity (Wildman–Crippen MR) is 100 cm³/mol. The van der Waals surface area contributed by atoms with Crippen molar-refractivity contribution in [1.82, 2.24) is 4.90 Å². The lowest BCUT2D eigenvalue weighted by Crippen LogP contribution is -2.46. The van der Waals surface area contributed by atoms with E-state index >= 15 is 0 Å². The fourth-order valence-electron chi connectivity index (χ4n) is 4.74. The normalized spacial score (nSPS) is 29.0. The second-order valence-corrected chi connectivity index (χ2v) is 7.81. The Morgan fingerprint density at radius 2 is 1.75 bits per heavy atom. The van der Waals surface area contributed by atoms with Crippen LogP contribution in [-0.4, -0.2) is 33.6 Å². The molecule has 8 heteroatoms. The number of carbonyl (C=O) groups is 3. The summed E-state index contributed by atoms with van der Waals surface area (Å²) >= 11 is 0. The first-order valence-electron chi connectivity index (χ1n) is 9.40. The van der Waals surface area contributed by atoms with Crippen LogP contribution in [0.15, 0.2) is 30.4 Å². The molecule has 8 nitrogen and oxygen atoms in total. The Labute approximate surface area is 161 Å². The Bertz CT molecular complexity index is 892. The average molecular weight is 383 g/mol. The van der Waals surface area contributed by atoms with E-state index in [0.29, 0.717) is 11.3 Å². The van der Waals surface area contributed by atoms with Gasteiger partial charge in [0, 0.05) is 17.8 Å². The number of anilines is 1. The van der Waals surface area contributed by atoms with Crippen molar-refractivity contribution in [2.75, 3.05) is 5.32 Å². The number of nitrogens with zero attached hydrogens (tertiary/aromatic N) is 2. The van der Waals surface area contributed by atoms with Crippen LogP contribution < -0.4 is 5.32 Å². The maximum Gasteiger partial charge on any atom is 0.269 e. The molecule has 1 aromatic carbocycles. The van der Waals surface area contributed by atoms with E-state index in [1.165, 1.54) is 18.2 Å². The Balaban J connectivity index is 1.52. The van der Waals surface area contributed by atoms with Gasteiger partial charge < -0.3 is 5.32 Å². The highest BCUT2D eigenvalue weighted by atomic mass is 16.6. The minimum atomic E-state index is -0.945. The van der Waals surface area contributed by atoms with Crippen LogP contribution in [0.25, 0.3) is 0 Å². The maximum atomic E-state index is 12.9. The second-order valence-electron chi connectivity index (χ2n) is 7.81. The molecule has 5 unspecified atom stereocenters. The van der Waals surface area contributed by atoms with Crippen molar-refractivity contribution >= 4 is 29.1 Å². The summed E-state index contributed by atoms with van der Waals surface area (Å²) in [7, 11) is 0. The number of hydrogen-bond donors (Lipinski definition) is 1. The summed E-state index contributed by atoms with van der Waals surface area (Å²) in [6.45, 7) is 3.19. The van der Waals surface area contributed by atoms with E-state index in [2.05, 4.69) is 5.32 Å². The van der Waals surface area contributed by atoms with Crippen LogP contribution >= 0.6 is 0 Å². The van der Waals surface area contributed by atoms with Gasteiger partial charge in [-0.1, -0.05) is 12.2 Å². The number of carbonyl (C=O) groups excluding carboxylic acids is 3. The number of hydrogen-bond acceptors (Lipinski definition) is 5. The van der Waals surface area contributed by atoms with Gasteiger partial charge in [0.1, 0.15) is 6.04 Å². The third-order valence-electron chi connectivity index (χ3n) is 6.24. The Morgan fingerprint density at radius 1 is 1.18 bits per heavy atom. The van der Waals surface area contributed by atoms with Crippen LogP contribution in [0.5, 0.6) is 0 Å². The zero-order valence-electron chi connectivity index (χ0n) is 15.6. The van der Waals surface area contributed by atoms with Gasteiger partial charge >= 0.3 is 0 Å². The minimum Gasteiger partial charge on any atom is -0.324 e. The van der Waals surface area contributed by atoms with Crippen molar-refractivity contribution < 1.29 is 19.3 Å². The summed E-state index contributed by atoms with van der Waals surface area (Å²) in [6.07, 6.45) is 5.87. The molecule has 28 heavy (non-hydrogen) atoms. The Kier molecular flexibility index (Phi) is 4.28. The van der Waals surface area contributed by atoms with Crippen molar-refractivity contribution in [1.29, 1.82) is 0 Å². The van der Waals surface area contributed by atoms with Crippen LogP contribution in [0.3, 0.4) is 0 Å². The molecule has 1 heterocycles. The summed E-state index contributed by atoms with van der Waals surface area (Å²) in [5, 5.41) is 13.5. The largest absolute Gasteiger partial charge is 0.324 e. The van der Waals surface area contributed by atoms with Crippen LogP contribution in [0.4, 0.5) is 11.4 Å². The van der Waals surface area contributed by atoms with Gasteiger partial charge in [-0.2, -0.15) is 0 Å². The number of rotatable bonds is 4. The van der Waals surface area contributed by atoms with Gasteiger partial charge in [-0.15, -0.1) is 0 Å². The van der Waals surface area contributed by atoms with Crippen molar-refractivity contribution in [2.45, 2.75) is 32.7 Å². The van der Waals surface area contributed by atoms with Crippen LogP contribution in [0, 0.1) is 40.7 Å². The van der Waals surface area contributed by atoms with E-state index in [1.807, 2.05) is 12.2 Å². The van der Waals surface area contributed by atoms with Crippen LogP contribution in [0.1, 0.15) is 25.3 Å². The van der Waals surface area contributed by atoms with E-state index in [-0.39, 0.29) is 41.2 Å². The number of nitrogens with one attached hydrogen (secondary N) is 1. The molecule has 3 aliphatic carbocycles. The lowest BCUT2D eigenvalue weighted by molar-refractivity contribution is -0.384. The molecule has 4 aliphatic rings. The molecule has 0 spiro atoms. The number of imide groups is 1. The number of nitro groups is 1. The summed E-state index contributed by atoms with van der Waals surface area (Å²) in [5.74, 6) is -1.58. The highest BCUT2D eigenvalue weighted by molar-refractivity contribution is 6.10. The number of amides is 3. The molecule has 2 fully saturated rings. The summed E-state index contributed by atoms with van der Waals surface area (Å²) < 4.78 is 0. The highest BCUT2D eigenvalue weighted by Crippen LogP contribution is 2.50. The van der Waals surface area contributed by atoms with Crippen LogP contribution in [-0.2, 0) is 14.4 Å². The molecular formula is C20H21N3O5. The average Bonchev–Trinajstić information content (AvgIpc) is 2.96. The van der Waals surface area contributed by atoms with Gasteiger partial charge in [0.25, 0.3) is 5.69 Å². The fraction of sp³-hybridized carbons (Fsp3) is 0.450. The van der Waals surface area contributed by atoms with Crippen molar-refractivity contribution in [3.05, 3.63) is 46.0 Å². The van der Waals surface area contributed by atoms with Gasteiger partial charge in [-0.05, 0) is 50.2 Å². The quantitative estimate of drug-likeness (QED) is 0.372. The molecule has 5 rings (SSSR count). The van der Waals surface area contributed by atoms with E-state index in [1.54, 1.807) is 13.8 Å². The number of fused-ring (bicyclic) bond motifs is 1. The molecule has 2 bridgehead atoms. The Morgan fingerprint density at radius 3 is 2.21 bits per heavy atom. The molecule has 1 saturated carbocycles. The van der Waals surface area contributed by atoms with Gasteiger partial charge in [0.15, 0.2) is 0 Å². The number of aryl methyl sites for hydroxylation is 1. The topological polar surface area (TPSA) is 110 Å². The first-order valence-corrected chi connectivity index (χ1v) is 9.40. The first-order chi connectivity index (χ1) is 13.3. The third-order valence-corrected chi connectivity index (χ3v) is 6.24. The molecule has 146 valence electrons. The van der Waals surface area contributed by atoms with Crippen molar-refractivity contribution in [3.8, 4) is 0 Å². The van der Waals surface area contributed by atoms with E-state index in [9.17, 15) is 24.5 Å². The molecule has 0 radical (unpaired) electrons. The van der Waals surface area contributed by atoms with Gasteiger partial charge in [-0.3, -0.25) is 29.4 Å². The second kappa shape index (κ2) is 6.54. The van der Waals surface area contributed by atoms with Gasteiger partial charge in [0.2, 0.25) is 17.7 Å². The lowest BCUT2D eigenvalue weighted by Gasteiger charge is -2.38. The molecule has 1 N–H and O–H groups in total. The van der Waals surface area contributed by atoms with E-state index in [0.717, 1.165) is 17.7 Å². The van der Waals surface area contributed by atoms with E-state index < -0.39 is 16.9 Å². The zero-order valence-corrected chi connectivity index (χ0v) is 15.6. The van der Waals surface area contributed by atoms with Crippen molar-refractivity contribution in [3.63, 3.8) is 0 Å². The summed E-state index contributed by atoms with van der Waals surface area (Å²) in [6, 6.07) is 3.18. The number of benzene rings is 1. The summed E-state index contributed by atoms with van der Waals surface area (Å²) in [4.78, 5) is 50.1. The smallest absolute Gasteiger partial charge is 0.269 e. The molecule has 3 amide bonds. The SMILES string of the molecule is Cc1cc([N+](=O)[O-])ccc1NC(=O)C(C)N1C(=O)C2C3C=CC(CC3)C2C1=O. The first kappa shape index (κ1) is 18.3. The molecular weight excluding hydrogens is 362 g/mol. The van der Waals surface area contributed by atoms with Gasteiger partial charge in [0.05, 0.1) is 16.8 Å². The number of nitro benzene ring substituents is 1. The molecule has 1 saturated heterocycles. The zero-order chi connectivity index (χ0) is 20.2. The molecule has 0 aromatic heterocycles. The maximum absolute atomic E-state index is 12.9. The fourth-order valence-corrected chi connectivity index (χ4v) is 4.74. The monoisotopic (exact) mass is 383 g/mol. The number of non-ortho nitro benzene ring substituents is 1. The third kappa shape index (κ3) is 2.71. The standard InChI is InChI=1S/C20H21N3O5/c1-10-9-14(23(27)28)7-8-15(10)21-18(24)11(2)22-19(25)16-12-3-4-13(6-5-12)17(16)20(22)26/h3-4,7-9,11-13,16-17H,5-6H2,1-2H3,(H,21,24). The van der Waals surface area contributed by atoms with Gasteiger partial charge in [-0.25, -0.2) is 0 Å². The van der Waals surface area contributed by atoms with Crippen molar-refractivity contribution in [2.24, 2.45) is 23.7 Å². The predicted octanol–water partition coefficient (Wildman–Crippen LogP) is 2.43. The Hall–Kier alpha value is -3.03. The molecule has 5 atom stereocenters. The minimum absolute atomic E-state index is 0.0690. The molecule has 1 aromatic rings. The lowest BCUT2D eigenvalue weighted by atomic mass is 9.63. The number of allylic oxidation sites excluding steroid dienone is 2. The number of likely N-dealkylation sites (tertiary alicyclic amines) is 1. The molecule has 1 aliphatic heterocycles.